The molecule has 4 heterocycles. The average Bonchev–Trinajstić information content (AvgIpc) is 3.81. The fourth-order valence-corrected chi connectivity index (χ4v) is 8.23. The van der Waals surface area contributed by atoms with Crippen LogP contribution in [0.1, 0.15) is 54.8 Å². The molecule has 0 bridgehead atoms. The minimum atomic E-state index is -1.36. The van der Waals surface area contributed by atoms with Gasteiger partial charge in [-0.15, -0.1) is 54.0 Å². The second-order valence-corrected chi connectivity index (χ2v) is 20.8. The maximum Gasteiger partial charge on any atom is 0.216 e. The largest absolute Gasteiger partial charge is 0.486 e. The average molecular weight is 942 g/mol. The topological polar surface area (TPSA) is 56.7 Å². The number of fused-ring (bicyclic) bond motifs is 4. The fraction of sp³-hybridized carbons (Fsp3) is 0.180. The smallest absolute Gasteiger partial charge is 0.216 e. The van der Waals surface area contributed by atoms with E-state index >= 15 is 0 Å². The molecule has 9 rings (SSSR count). The summed E-state index contributed by atoms with van der Waals surface area (Å²) in [5.74, 6) is 1.41. The van der Waals surface area contributed by atoms with E-state index in [1.165, 1.54) is 39.2 Å². The first-order valence-corrected chi connectivity index (χ1v) is 22.7. The summed E-state index contributed by atoms with van der Waals surface area (Å²) < 4.78 is 31.4. The molecule has 0 aliphatic rings. The number of furan rings is 1. The number of pyridine rings is 2. The molecule has 4 aromatic heterocycles. The second kappa shape index (κ2) is 16.6. The van der Waals surface area contributed by atoms with E-state index in [4.69, 9.17) is 13.5 Å². The first kappa shape index (κ1) is 35.9. The van der Waals surface area contributed by atoms with Gasteiger partial charge < -0.3 is 14.0 Å². The minimum Gasteiger partial charge on any atom is -0.486 e. The van der Waals surface area contributed by atoms with Crippen molar-refractivity contribution in [2.24, 2.45) is 0 Å². The molecule has 5 aromatic carbocycles. The Kier molecular flexibility index (Phi) is 10.4. The molecule has 0 atom stereocenters. The number of benzene rings is 5. The molecule has 5 nitrogen and oxygen atoms in total. The monoisotopic (exact) mass is 942 g/mol. The number of hydrogen-bond donors (Lipinski definition) is 0. The van der Waals surface area contributed by atoms with Crippen LogP contribution in [0.2, 0.25) is 19.6 Å². The van der Waals surface area contributed by atoms with E-state index in [1.807, 2.05) is 36.5 Å². The minimum absolute atomic E-state index is 0. The first-order valence-electron chi connectivity index (χ1n) is 20.7. The molecule has 0 spiro atoms. The van der Waals surface area contributed by atoms with Crippen LogP contribution in [0.3, 0.4) is 0 Å². The summed E-state index contributed by atoms with van der Waals surface area (Å²) in [5.41, 5.74) is 11.7. The fourth-order valence-electron chi connectivity index (χ4n) is 7.19. The van der Waals surface area contributed by atoms with Crippen LogP contribution in [0, 0.1) is 12.1 Å². The zero-order chi connectivity index (χ0) is 41.6. The summed E-state index contributed by atoms with van der Waals surface area (Å²) in [6, 6.07) is 43.4. The summed E-state index contributed by atoms with van der Waals surface area (Å²) in [6.45, 7) is 15.9. The van der Waals surface area contributed by atoms with Gasteiger partial charge in [-0.05, 0) is 82.7 Å². The van der Waals surface area contributed by atoms with Crippen LogP contribution < -0.4 is 5.19 Å². The molecule has 1 radical (unpaired) electrons. The molecule has 0 fully saturated rings. The van der Waals surface area contributed by atoms with Gasteiger partial charge in [-0.2, -0.15) is 0 Å². The van der Waals surface area contributed by atoms with E-state index in [0.29, 0.717) is 28.8 Å². The number of aromatic nitrogens is 4. The van der Waals surface area contributed by atoms with Gasteiger partial charge >= 0.3 is 0 Å². The van der Waals surface area contributed by atoms with Crippen LogP contribution in [-0.2, 0) is 20.1 Å². The molecular weight excluding hydrogens is 893 g/mol. The Morgan fingerprint density at radius 2 is 1.47 bits per heavy atom. The predicted octanol–water partition coefficient (Wildman–Crippen LogP) is 12.8. The molecule has 0 N–H and O–H groups in total. The zero-order valence-electron chi connectivity index (χ0n) is 36.2. The van der Waals surface area contributed by atoms with Crippen LogP contribution in [0.4, 0.5) is 0 Å². The van der Waals surface area contributed by atoms with Crippen molar-refractivity contribution in [3.8, 4) is 39.5 Å². The van der Waals surface area contributed by atoms with Gasteiger partial charge in [-0.3, -0.25) is 4.98 Å². The van der Waals surface area contributed by atoms with Crippen molar-refractivity contribution in [3.63, 3.8) is 0 Å². The predicted molar refractivity (Wildman–Crippen MR) is 236 cm³/mol. The molecule has 9 aromatic rings. The molecule has 0 unspecified atom stereocenters. The Bertz CT molecular complexity index is 2920. The van der Waals surface area contributed by atoms with E-state index in [0.717, 1.165) is 38.8 Å². The standard InChI is InChI=1S/C36H30N3O.C14H16NSi.Ir/c1-22(2)29-20-25(24-12-6-5-7-13-24)21-30(23(3)4)33(29)39-32-18-9-8-17-31(32)38-35(39)28-15-10-14-26-27-16-11-19-37-36(27)40-34(26)28;1-16(2,3)13-9-10-14(15-11-13)12-7-5-4-6-8-12;/h5-14,16-23H,1-4H3;4-7,9-11H,1-3H3;/q2*-1;/i;4D,5D,6D;. The molecule has 0 saturated heterocycles. The van der Waals surface area contributed by atoms with Crippen LogP contribution in [0.25, 0.3) is 72.6 Å². The number of para-hydroxylation sites is 2. The zero-order valence-corrected chi connectivity index (χ0v) is 36.6. The van der Waals surface area contributed by atoms with Crippen molar-refractivity contribution in [1.29, 1.82) is 0 Å². The molecule has 0 aliphatic heterocycles. The number of hydrogen-bond acceptors (Lipinski definition) is 4. The first-order chi connectivity index (χ1) is 28.3. The Balaban J connectivity index is 0.000000230. The van der Waals surface area contributed by atoms with Gasteiger partial charge in [-0.25, -0.2) is 4.98 Å². The van der Waals surface area contributed by atoms with E-state index in [-0.39, 0.29) is 38.2 Å². The molecule has 57 heavy (non-hydrogen) atoms. The maximum atomic E-state index is 7.64. The number of nitrogens with zero attached hydrogens (tertiary/aromatic N) is 4. The van der Waals surface area contributed by atoms with Gasteiger partial charge in [0.2, 0.25) is 5.71 Å². The van der Waals surface area contributed by atoms with Crippen molar-refractivity contribution in [1.82, 2.24) is 19.5 Å². The van der Waals surface area contributed by atoms with E-state index in [9.17, 15) is 0 Å². The molecule has 287 valence electrons. The summed E-state index contributed by atoms with van der Waals surface area (Å²) in [6.07, 6.45) is 3.64. The van der Waals surface area contributed by atoms with Crippen molar-refractivity contribution in [2.75, 3.05) is 0 Å². The third-order valence-corrected chi connectivity index (χ3v) is 12.2. The van der Waals surface area contributed by atoms with Gasteiger partial charge in [0.15, 0.2) is 0 Å². The quantitative estimate of drug-likeness (QED) is 0.118. The summed E-state index contributed by atoms with van der Waals surface area (Å²) in [4.78, 5) is 14.1. The van der Waals surface area contributed by atoms with Crippen LogP contribution in [0.5, 0.6) is 0 Å². The van der Waals surface area contributed by atoms with Crippen LogP contribution in [-0.4, -0.2) is 27.6 Å². The summed E-state index contributed by atoms with van der Waals surface area (Å²) in [7, 11) is -1.36. The van der Waals surface area contributed by atoms with Gasteiger partial charge in [0.25, 0.3) is 0 Å². The number of rotatable bonds is 7. The Hall–Kier alpha value is -5.46. The summed E-state index contributed by atoms with van der Waals surface area (Å²) >= 11 is 0. The van der Waals surface area contributed by atoms with E-state index < -0.39 is 8.07 Å². The van der Waals surface area contributed by atoms with E-state index in [1.54, 1.807) is 6.20 Å². The van der Waals surface area contributed by atoms with Gasteiger partial charge in [0.05, 0.1) is 30.5 Å². The van der Waals surface area contributed by atoms with Gasteiger partial charge in [0, 0.05) is 46.3 Å². The SMILES string of the molecule is CC(C)c1cc(-c2ccccc2)cc(C(C)C)c1-n1c(-c2[c-]ccc3c2oc2ncccc23)nc2ccccc21.[2H]c1[c-]c(-c2ccc([Si](C)(C)C)cn2)cc([2H])c1[2H].[Ir]. The maximum absolute atomic E-state index is 7.64. The third-order valence-electron chi connectivity index (χ3n) is 10.2. The van der Waals surface area contributed by atoms with Crippen molar-refractivity contribution in [3.05, 3.63) is 163 Å². The molecule has 0 amide bonds. The molecular formula is C50H46IrN4OSi-2. The molecule has 0 aliphatic carbocycles. The van der Waals surface area contributed by atoms with Gasteiger partial charge in [-0.1, -0.05) is 113 Å². The van der Waals surface area contributed by atoms with Crippen molar-refractivity contribution < 1.29 is 28.6 Å². The van der Waals surface area contributed by atoms with Crippen LogP contribution >= 0.6 is 0 Å². The normalized spacial score (nSPS) is 12.3. The summed E-state index contributed by atoms with van der Waals surface area (Å²) in [5, 5.41) is 3.28. The Morgan fingerprint density at radius 3 is 2.16 bits per heavy atom. The van der Waals surface area contributed by atoms with Crippen molar-refractivity contribution in [2.45, 2.75) is 59.2 Å². The van der Waals surface area contributed by atoms with E-state index in [2.05, 4.69) is 147 Å². The van der Waals surface area contributed by atoms with Crippen molar-refractivity contribution >= 4 is 46.4 Å². The van der Waals surface area contributed by atoms with Crippen LogP contribution in [0.15, 0.2) is 144 Å². The number of imidazole rings is 1. The molecule has 7 heteroatoms. The Morgan fingerprint density at radius 1 is 0.737 bits per heavy atom. The van der Waals surface area contributed by atoms with Gasteiger partial charge in [0.1, 0.15) is 0 Å². The Labute approximate surface area is 354 Å². The second-order valence-electron chi connectivity index (χ2n) is 15.8. The molecule has 0 saturated carbocycles. The third kappa shape index (κ3) is 7.93.